The van der Waals surface area contributed by atoms with Gasteiger partial charge in [0.25, 0.3) is 5.91 Å². The SMILES string of the molecule is O=C(c1cnc(-c2ccccc2)s1)N1CCC[C@H]1c1nc2ccccc2[nH]1. The zero-order valence-corrected chi connectivity index (χ0v) is 15.4. The van der Waals surface area contributed by atoms with Crippen LogP contribution in [0.2, 0.25) is 0 Å². The van der Waals surface area contributed by atoms with Crippen LogP contribution in [0.5, 0.6) is 0 Å². The molecule has 0 bridgehead atoms. The van der Waals surface area contributed by atoms with Crippen molar-refractivity contribution in [1.82, 2.24) is 19.9 Å². The second kappa shape index (κ2) is 6.63. The van der Waals surface area contributed by atoms with Crippen molar-refractivity contribution in [2.24, 2.45) is 0 Å². The molecule has 27 heavy (non-hydrogen) atoms. The number of H-pyrrole nitrogens is 1. The summed E-state index contributed by atoms with van der Waals surface area (Å²) < 4.78 is 0. The third kappa shape index (κ3) is 2.92. The van der Waals surface area contributed by atoms with Crippen LogP contribution in [0.25, 0.3) is 21.6 Å². The van der Waals surface area contributed by atoms with Gasteiger partial charge in [0, 0.05) is 12.1 Å². The topological polar surface area (TPSA) is 61.9 Å². The van der Waals surface area contributed by atoms with Gasteiger partial charge in [-0.15, -0.1) is 11.3 Å². The summed E-state index contributed by atoms with van der Waals surface area (Å²) >= 11 is 1.45. The smallest absolute Gasteiger partial charge is 0.266 e. The minimum atomic E-state index is -0.00725. The van der Waals surface area contributed by atoms with Crippen molar-refractivity contribution >= 4 is 28.3 Å². The van der Waals surface area contributed by atoms with E-state index in [4.69, 9.17) is 4.98 Å². The maximum atomic E-state index is 13.1. The summed E-state index contributed by atoms with van der Waals surface area (Å²) in [5.41, 5.74) is 2.99. The Balaban J connectivity index is 1.43. The Labute approximate surface area is 160 Å². The number of nitrogens with one attached hydrogen (secondary N) is 1. The lowest BCUT2D eigenvalue weighted by Gasteiger charge is -2.22. The van der Waals surface area contributed by atoms with E-state index in [1.54, 1.807) is 6.20 Å². The molecule has 1 aliphatic heterocycles. The highest BCUT2D eigenvalue weighted by Crippen LogP contribution is 2.34. The molecule has 0 unspecified atom stereocenters. The van der Waals surface area contributed by atoms with Gasteiger partial charge in [0.2, 0.25) is 0 Å². The highest BCUT2D eigenvalue weighted by molar-refractivity contribution is 7.16. The van der Waals surface area contributed by atoms with Crippen molar-refractivity contribution in [3.63, 3.8) is 0 Å². The Morgan fingerprint density at radius 3 is 2.78 bits per heavy atom. The van der Waals surface area contributed by atoms with Crippen LogP contribution in [0, 0.1) is 0 Å². The number of thiazole rings is 1. The largest absolute Gasteiger partial charge is 0.340 e. The fourth-order valence-electron chi connectivity index (χ4n) is 3.65. The maximum absolute atomic E-state index is 13.1. The molecule has 134 valence electrons. The zero-order valence-electron chi connectivity index (χ0n) is 14.6. The molecule has 1 aliphatic rings. The molecule has 2 aromatic heterocycles. The van der Waals surface area contributed by atoms with Crippen molar-refractivity contribution in [3.8, 4) is 10.6 Å². The Bertz CT molecular complexity index is 1070. The molecular weight excluding hydrogens is 356 g/mol. The summed E-state index contributed by atoms with van der Waals surface area (Å²) in [5, 5.41) is 0.874. The molecule has 1 N–H and O–H groups in total. The number of benzene rings is 2. The molecule has 0 spiro atoms. The average molecular weight is 374 g/mol. The predicted molar refractivity (Wildman–Crippen MR) is 107 cm³/mol. The summed E-state index contributed by atoms with van der Waals surface area (Å²) in [6, 6.07) is 17.9. The number of likely N-dealkylation sites (tertiary alicyclic amines) is 1. The molecule has 6 heteroatoms. The Morgan fingerprint density at radius 1 is 1.11 bits per heavy atom. The van der Waals surface area contributed by atoms with Crippen LogP contribution in [0.3, 0.4) is 0 Å². The molecule has 1 amide bonds. The van der Waals surface area contributed by atoms with Gasteiger partial charge in [0.05, 0.1) is 23.3 Å². The van der Waals surface area contributed by atoms with Crippen LogP contribution in [0.1, 0.15) is 34.4 Å². The van der Waals surface area contributed by atoms with Crippen molar-refractivity contribution in [1.29, 1.82) is 0 Å². The normalized spacial score (nSPS) is 16.9. The quantitative estimate of drug-likeness (QED) is 0.567. The Kier molecular flexibility index (Phi) is 3.98. The average Bonchev–Trinajstić information content (AvgIpc) is 3.46. The fourth-order valence-corrected chi connectivity index (χ4v) is 4.53. The van der Waals surface area contributed by atoms with Crippen LogP contribution >= 0.6 is 11.3 Å². The van der Waals surface area contributed by atoms with Gasteiger partial charge in [-0.05, 0) is 25.0 Å². The van der Waals surface area contributed by atoms with E-state index in [9.17, 15) is 4.79 Å². The number of hydrogen-bond acceptors (Lipinski definition) is 4. The Hall–Kier alpha value is -2.99. The lowest BCUT2D eigenvalue weighted by molar-refractivity contribution is 0.0735. The van der Waals surface area contributed by atoms with E-state index in [-0.39, 0.29) is 11.9 Å². The Morgan fingerprint density at radius 2 is 1.93 bits per heavy atom. The number of nitrogens with zero attached hydrogens (tertiary/aromatic N) is 3. The molecule has 3 heterocycles. The van der Waals surface area contributed by atoms with Gasteiger partial charge in [-0.2, -0.15) is 0 Å². The van der Waals surface area contributed by atoms with E-state index in [1.807, 2.05) is 59.5 Å². The molecule has 1 atom stereocenters. The second-order valence-corrected chi connectivity index (χ2v) is 7.72. The first kappa shape index (κ1) is 16.2. The summed E-state index contributed by atoms with van der Waals surface area (Å²) in [7, 11) is 0. The van der Waals surface area contributed by atoms with Gasteiger partial charge in [-0.3, -0.25) is 4.79 Å². The number of carbonyl (C=O) groups is 1. The van der Waals surface area contributed by atoms with E-state index in [0.29, 0.717) is 4.88 Å². The molecular formula is C21H18N4OS. The number of aromatic nitrogens is 3. The summed E-state index contributed by atoms with van der Waals surface area (Å²) in [6.07, 6.45) is 3.61. The fraction of sp³-hybridized carbons (Fsp3) is 0.190. The number of para-hydroxylation sites is 2. The van der Waals surface area contributed by atoms with Crippen LogP contribution in [-0.2, 0) is 0 Å². The maximum Gasteiger partial charge on any atom is 0.266 e. The standard InChI is InChI=1S/C21H18N4OS/c26-21(18-13-22-20(27-18)14-7-2-1-3-8-14)25-12-6-11-17(25)19-23-15-9-4-5-10-16(15)24-19/h1-5,7-10,13,17H,6,11-12H2,(H,23,24)/t17-/m0/s1. The monoisotopic (exact) mass is 374 g/mol. The first-order chi connectivity index (χ1) is 13.3. The van der Waals surface area contributed by atoms with E-state index < -0.39 is 0 Å². The minimum Gasteiger partial charge on any atom is -0.340 e. The highest BCUT2D eigenvalue weighted by Gasteiger charge is 2.33. The molecule has 2 aromatic carbocycles. The molecule has 5 rings (SSSR count). The number of aromatic amines is 1. The van der Waals surface area contributed by atoms with Crippen molar-refractivity contribution in [3.05, 3.63) is 71.5 Å². The molecule has 4 aromatic rings. The lowest BCUT2D eigenvalue weighted by atomic mass is 10.2. The second-order valence-electron chi connectivity index (χ2n) is 6.69. The van der Waals surface area contributed by atoms with Gasteiger partial charge in [-0.25, -0.2) is 9.97 Å². The molecule has 5 nitrogen and oxygen atoms in total. The van der Waals surface area contributed by atoms with Crippen LogP contribution in [0.4, 0.5) is 0 Å². The zero-order chi connectivity index (χ0) is 18.2. The first-order valence-corrected chi connectivity index (χ1v) is 9.88. The van der Waals surface area contributed by atoms with Gasteiger partial charge in [0.15, 0.2) is 0 Å². The van der Waals surface area contributed by atoms with Crippen molar-refractivity contribution in [2.75, 3.05) is 6.54 Å². The van der Waals surface area contributed by atoms with Gasteiger partial charge < -0.3 is 9.88 Å². The summed E-state index contributed by atoms with van der Waals surface area (Å²) in [5.74, 6) is 0.910. The molecule has 0 radical (unpaired) electrons. The van der Waals surface area contributed by atoms with Gasteiger partial charge in [-0.1, -0.05) is 42.5 Å². The van der Waals surface area contributed by atoms with E-state index in [2.05, 4.69) is 9.97 Å². The van der Waals surface area contributed by atoms with E-state index >= 15 is 0 Å². The number of imidazole rings is 1. The summed E-state index contributed by atoms with van der Waals surface area (Å²) in [6.45, 7) is 0.749. The minimum absolute atomic E-state index is 0.00725. The molecule has 0 saturated carbocycles. The van der Waals surface area contributed by atoms with E-state index in [0.717, 1.165) is 46.8 Å². The van der Waals surface area contributed by atoms with Gasteiger partial charge in [0.1, 0.15) is 15.7 Å². The third-order valence-corrected chi connectivity index (χ3v) is 6.01. The predicted octanol–water partition coefficient (Wildman–Crippen LogP) is 4.66. The third-order valence-electron chi connectivity index (χ3n) is 4.97. The van der Waals surface area contributed by atoms with Crippen molar-refractivity contribution in [2.45, 2.75) is 18.9 Å². The van der Waals surface area contributed by atoms with E-state index in [1.165, 1.54) is 11.3 Å². The summed E-state index contributed by atoms with van der Waals surface area (Å²) in [4.78, 5) is 28.3. The highest BCUT2D eigenvalue weighted by atomic mass is 32.1. The number of amides is 1. The number of rotatable bonds is 3. The van der Waals surface area contributed by atoms with Crippen LogP contribution in [-0.4, -0.2) is 32.3 Å². The van der Waals surface area contributed by atoms with Crippen LogP contribution < -0.4 is 0 Å². The number of fused-ring (bicyclic) bond motifs is 1. The number of hydrogen-bond donors (Lipinski definition) is 1. The number of carbonyl (C=O) groups excluding carboxylic acids is 1. The lowest BCUT2D eigenvalue weighted by Crippen LogP contribution is -2.30. The van der Waals surface area contributed by atoms with Crippen LogP contribution in [0.15, 0.2) is 60.8 Å². The van der Waals surface area contributed by atoms with Crippen molar-refractivity contribution < 1.29 is 4.79 Å². The van der Waals surface area contributed by atoms with Gasteiger partial charge >= 0.3 is 0 Å². The first-order valence-electron chi connectivity index (χ1n) is 9.06. The molecule has 1 fully saturated rings. The molecule has 0 aliphatic carbocycles. The molecule has 1 saturated heterocycles.